The smallest absolute Gasteiger partial charge is 0.308 e. The third-order valence-corrected chi connectivity index (χ3v) is 13.8. The minimum Gasteiger partial charge on any atom is -0.308 e. The quantitative estimate of drug-likeness (QED) is 0.149. The fourth-order valence-electron chi connectivity index (χ4n) is 10.2. The van der Waals surface area contributed by atoms with Crippen LogP contribution in [0, 0.1) is 11.3 Å². The van der Waals surface area contributed by atoms with E-state index in [9.17, 15) is 57.9 Å². The second-order valence-electron chi connectivity index (χ2n) is 18.8. The SMILES string of the molecule is N#Cc1c(-n2c3ccccc3c3cc(-c4cc(C(F)(F)F)cc(C(F)(F)F)c4)ccc32)cc(-c2nc(-c3ccccc3)nc(-c3ccccc3)n2)cc1-n1c2ccccc2c2cc(-c3cc(C(F)(F)F)cc(C(F)(F)F)c3)ccc21. The lowest BCUT2D eigenvalue weighted by atomic mass is 9.97. The second-order valence-corrected chi connectivity index (χ2v) is 18.8. The molecule has 394 valence electrons. The van der Waals surface area contributed by atoms with Crippen molar-refractivity contribution in [1.29, 1.82) is 5.26 Å². The van der Waals surface area contributed by atoms with Gasteiger partial charge in [0, 0.05) is 38.2 Å². The molecule has 3 heterocycles. The van der Waals surface area contributed by atoms with E-state index in [1.807, 2.05) is 60.7 Å². The minimum atomic E-state index is -5.11. The van der Waals surface area contributed by atoms with E-state index in [0.29, 0.717) is 84.6 Å². The number of benzene rings is 9. The first-order valence-corrected chi connectivity index (χ1v) is 24.2. The van der Waals surface area contributed by atoms with Gasteiger partial charge in [0.2, 0.25) is 0 Å². The van der Waals surface area contributed by atoms with E-state index in [4.69, 9.17) is 15.0 Å². The van der Waals surface area contributed by atoms with E-state index in [2.05, 4.69) is 6.07 Å². The molecule has 0 spiro atoms. The molecular weight excluding hydrogens is 1060 g/mol. The largest absolute Gasteiger partial charge is 0.416 e. The normalized spacial score (nSPS) is 12.5. The number of hydrogen-bond donors (Lipinski definition) is 0. The van der Waals surface area contributed by atoms with Crippen LogP contribution in [0.3, 0.4) is 0 Å². The maximum atomic E-state index is 14.2. The molecule has 0 unspecified atom stereocenters. The van der Waals surface area contributed by atoms with Crippen LogP contribution in [-0.2, 0) is 24.7 Å². The maximum absolute atomic E-state index is 14.2. The first-order chi connectivity index (χ1) is 38.1. The van der Waals surface area contributed by atoms with Crippen molar-refractivity contribution in [2.75, 3.05) is 0 Å². The highest BCUT2D eigenvalue weighted by Gasteiger charge is 2.39. The standard InChI is InChI=1S/C62H32F12N6/c63-59(64,65)41-23-38(24-42(31-41)60(66,67)68)36-19-21-52-47(27-36)45-15-7-9-17-50(45)79(52)54-29-40(58-77-56(34-11-3-1-4-12-34)76-57(78-58)35-13-5-2-6-14-35)30-55(49(54)33-75)80-51-18-10-8-16-46(51)48-28-37(20-22-53(48)80)39-25-43(61(69,70)71)32-44(26-39)62(72,73)74/h1-32H. The summed E-state index contributed by atoms with van der Waals surface area (Å²) in [6.07, 6.45) is -20.5. The Morgan fingerprint density at radius 2 is 0.625 bits per heavy atom. The Hall–Kier alpha value is -9.76. The molecule has 0 bridgehead atoms. The number of hydrogen-bond acceptors (Lipinski definition) is 4. The number of nitriles is 1. The molecule has 0 saturated heterocycles. The van der Waals surface area contributed by atoms with Crippen LogP contribution in [0.4, 0.5) is 52.7 Å². The fourth-order valence-corrected chi connectivity index (χ4v) is 10.2. The highest BCUT2D eigenvalue weighted by Crippen LogP contribution is 2.45. The van der Waals surface area contributed by atoms with Gasteiger partial charge in [-0.25, -0.2) is 15.0 Å². The van der Waals surface area contributed by atoms with Crippen LogP contribution in [0.1, 0.15) is 27.8 Å². The van der Waals surface area contributed by atoms with Gasteiger partial charge in [-0.3, -0.25) is 0 Å². The molecule has 0 aliphatic rings. The van der Waals surface area contributed by atoms with Gasteiger partial charge in [-0.15, -0.1) is 0 Å². The Labute approximate surface area is 444 Å². The van der Waals surface area contributed by atoms with Crippen molar-refractivity contribution in [2.24, 2.45) is 0 Å². The highest BCUT2D eigenvalue weighted by molar-refractivity contribution is 6.12. The summed E-state index contributed by atoms with van der Waals surface area (Å²) in [7, 11) is 0. The first kappa shape index (κ1) is 51.0. The van der Waals surface area contributed by atoms with Crippen molar-refractivity contribution < 1.29 is 52.7 Å². The lowest BCUT2D eigenvalue weighted by molar-refractivity contribution is -0.144. The molecule has 0 radical (unpaired) electrons. The van der Waals surface area contributed by atoms with Gasteiger partial charge in [-0.2, -0.15) is 57.9 Å². The molecule has 12 aromatic rings. The zero-order valence-electron chi connectivity index (χ0n) is 40.7. The topological polar surface area (TPSA) is 72.3 Å². The van der Waals surface area contributed by atoms with Gasteiger partial charge in [-0.1, -0.05) is 109 Å². The van der Waals surface area contributed by atoms with Crippen LogP contribution >= 0.6 is 0 Å². The Balaban J connectivity index is 1.16. The number of halogens is 12. The molecule has 0 aliphatic carbocycles. The Morgan fingerprint density at radius 1 is 0.300 bits per heavy atom. The molecule has 9 aromatic carbocycles. The summed E-state index contributed by atoms with van der Waals surface area (Å²) in [4.78, 5) is 14.8. The molecule has 0 saturated carbocycles. The summed E-state index contributed by atoms with van der Waals surface area (Å²) in [6.45, 7) is 0. The van der Waals surface area contributed by atoms with Gasteiger partial charge >= 0.3 is 24.7 Å². The fraction of sp³-hybridized carbons (Fsp3) is 0.0645. The lowest BCUT2D eigenvalue weighted by Crippen LogP contribution is -2.11. The van der Waals surface area contributed by atoms with Gasteiger partial charge in [-0.05, 0) is 107 Å². The lowest BCUT2D eigenvalue weighted by Gasteiger charge is -2.18. The third kappa shape index (κ3) is 9.09. The van der Waals surface area contributed by atoms with Crippen molar-refractivity contribution in [2.45, 2.75) is 24.7 Å². The zero-order chi connectivity index (χ0) is 56.0. The van der Waals surface area contributed by atoms with Crippen LogP contribution in [0.25, 0.3) is 111 Å². The van der Waals surface area contributed by atoms with Crippen molar-refractivity contribution >= 4 is 43.6 Å². The summed E-state index contributed by atoms with van der Waals surface area (Å²) < 4.78 is 173. The van der Waals surface area contributed by atoms with E-state index in [-0.39, 0.29) is 68.8 Å². The van der Waals surface area contributed by atoms with E-state index in [1.165, 1.54) is 36.4 Å². The maximum Gasteiger partial charge on any atom is 0.416 e. The predicted molar refractivity (Wildman–Crippen MR) is 280 cm³/mol. The monoisotopic (exact) mass is 1090 g/mol. The number of fused-ring (bicyclic) bond motifs is 6. The van der Waals surface area contributed by atoms with Gasteiger partial charge < -0.3 is 9.13 Å². The minimum absolute atomic E-state index is 0.0215. The summed E-state index contributed by atoms with van der Waals surface area (Å²) in [6, 6.07) is 49.2. The zero-order valence-corrected chi connectivity index (χ0v) is 40.7. The third-order valence-electron chi connectivity index (χ3n) is 13.8. The predicted octanol–water partition coefficient (Wildman–Crippen LogP) is 18.3. The number of rotatable bonds is 7. The van der Waals surface area contributed by atoms with Gasteiger partial charge in [0.05, 0.1) is 55.7 Å². The van der Waals surface area contributed by atoms with Crippen molar-refractivity contribution in [3.63, 3.8) is 0 Å². The van der Waals surface area contributed by atoms with Crippen molar-refractivity contribution in [3.05, 3.63) is 222 Å². The average molecular weight is 1090 g/mol. The second kappa shape index (κ2) is 18.7. The van der Waals surface area contributed by atoms with E-state index >= 15 is 0 Å². The average Bonchev–Trinajstić information content (AvgIpc) is 4.17. The van der Waals surface area contributed by atoms with Crippen molar-refractivity contribution in [1.82, 2.24) is 24.1 Å². The molecule has 18 heteroatoms. The van der Waals surface area contributed by atoms with Crippen LogP contribution in [0.5, 0.6) is 0 Å². The Morgan fingerprint density at radius 3 is 0.975 bits per heavy atom. The molecule has 80 heavy (non-hydrogen) atoms. The molecule has 0 amide bonds. The molecular formula is C62H32F12N6. The molecule has 6 nitrogen and oxygen atoms in total. The van der Waals surface area contributed by atoms with Crippen LogP contribution < -0.4 is 0 Å². The molecule has 12 rings (SSSR count). The van der Waals surface area contributed by atoms with Crippen LogP contribution in [0.2, 0.25) is 0 Å². The number of aromatic nitrogens is 5. The molecule has 3 aromatic heterocycles. The van der Waals surface area contributed by atoms with E-state index in [1.54, 1.807) is 69.8 Å². The summed E-state index contributed by atoms with van der Waals surface area (Å²) in [5, 5.41) is 13.4. The van der Waals surface area contributed by atoms with Crippen LogP contribution in [-0.4, -0.2) is 24.1 Å². The molecule has 0 N–H and O–H groups in total. The van der Waals surface area contributed by atoms with Gasteiger partial charge in [0.1, 0.15) is 11.6 Å². The van der Waals surface area contributed by atoms with Crippen molar-refractivity contribution in [3.8, 4) is 73.9 Å². The van der Waals surface area contributed by atoms with E-state index < -0.39 is 47.0 Å². The van der Waals surface area contributed by atoms with Gasteiger partial charge in [0.15, 0.2) is 17.5 Å². The highest BCUT2D eigenvalue weighted by atomic mass is 19.4. The van der Waals surface area contributed by atoms with Gasteiger partial charge in [0.25, 0.3) is 0 Å². The van der Waals surface area contributed by atoms with E-state index in [0.717, 1.165) is 0 Å². The number of alkyl halides is 12. The molecule has 0 fully saturated rings. The number of nitrogens with zero attached hydrogens (tertiary/aromatic N) is 6. The molecule has 0 aliphatic heterocycles. The first-order valence-electron chi connectivity index (χ1n) is 24.2. The Bertz CT molecular complexity index is 4150. The summed E-state index contributed by atoms with van der Waals surface area (Å²) in [5.41, 5.74) is -2.89. The molecule has 0 atom stereocenters. The number of para-hydroxylation sites is 2. The summed E-state index contributed by atoms with van der Waals surface area (Å²) >= 11 is 0. The Kier molecular flexibility index (Phi) is 11.9. The van der Waals surface area contributed by atoms with Crippen LogP contribution in [0.15, 0.2) is 194 Å². The summed E-state index contributed by atoms with van der Waals surface area (Å²) in [5.74, 6) is 0.690.